The molecule has 0 radical (unpaired) electrons. The van der Waals surface area contributed by atoms with Crippen molar-refractivity contribution in [2.45, 2.75) is 12.6 Å². The Labute approximate surface area is 177 Å². The normalized spacial score (nSPS) is 18.5. The van der Waals surface area contributed by atoms with Crippen LogP contribution in [0.2, 0.25) is 0 Å². The first-order valence-electron chi connectivity index (χ1n) is 9.84. The minimum atomic E-state index is -0.462. The third-order valence-electron chi connectivity index (χ3n) is 5.58. The van der Waals surface area contributed by atoms with Crippen LogP contribution in [0.5, 0.6) is 0 Å². The summed E-state index contributed by atoms with van der Waals surface area (Å²) in [5.41, 5.74) is 8.35. The third-order valence-corrected chi connectivity index (χ3v) is 5.58. The van der Waals surface area contributed by atoms with Gasteiger partial charge in [-0.2, -0.15) is 5.10 Å². The first kappa shape index (κ1) is 19.4. The molecule has 4 heterocycles. The van der Waals surface area contributed by atoms with Crippen LogP contribution in [0.25, 0.3) is 11.4 Å². The molecule has 0 spiro atoms. The maximum atomic E-state index is 14.3. The van der Waals surface area contributed by atoms with Gasteiger partial charge in [-0.15, -0.1) is 10.2 Å². The summed E-state index contributed by atoms with van der Waals surface area (Å²) in [6, 6.07) is 3.71. The summed E-state index contributed by atoms with van der Waals surface area (Å²) in [6.45, 7) is 1.36. The van der Waals surface area contributed by atoms with E-state index in [9.17, 15) is 9.18 Å². The summed E-state index contributed by atoms with van der Waals surface area (Å²) in [6.07, 6.45) is 1.79. The highest BCUT2D eigenvalue weighted by Gasteiger charge is 2.33. The summed E-state index contributed by atoms with van der Waals surface area (Å²) in [5, 5.41) is 12.8. The Morgan fingerprint density at radius 2 is 2.06 bits per heavy atom. The lowest BCUT2D eigenvalue weighted by atomic mass is 9.97. The van der Waals surface area contributed by atoms with Gasteiger partial charge in [-0.1, -0.05) is 0 Å². The van der Waals surface area contributed by atoms with Crippen LogP contribution >= 0.6 is 0 Å². The van der Waals surface area contributed by atoms with E-state index in [1.54, 1.807) is 29.9 Å². The van der Waals surface area contributed by atoms with Gasteiger partial charge < -0.3 is 20.3 Å². The Balaban J connectivity index is 1.78. The highest BCUT2D eigenvalue weighted by atomic mass is 19.1. The predicted molar refractivity (Wildman–Crippen MR) is 110 cm³/mol. The monoisotopic (exact) mass is 424 g/mol. The van der Waals surface area contributed by atoms with Crippen molar-refractivity contribution in [2.24, 2.45) is 7.05 Å². The molecule has 11 heteroatoms. The summed E-state index contributed by atoms with van der Waals surface area (Å²) < 4.78 is 21.6. The number of halogens is 1. The molecule has 2 N–H and O–H groups in total. The zero-order chi connectivity index (χ0) is 21.7. The molecule has 2 aliphatic rings. The number of aryl methyl sites for hydroxylation is 1. The molecule has 10 nitrogen and oxygen atoms in total. The average Bonchev–Trinajstić information content (AvgIpc) is 3.13. The number of benzene rings is 1. The highest BCUT2D eigenvalue weighted by molar-refractivity contribution is 5.96. The molecule has 5 rings (SSSR count). The van der Waals surface area contributed by atoms with Gasteiger partial charge >= 0.3 is 0 Å². The second kappa shape index (κ2) is 7.27. The smallest absolute Gasteiger partial charge is 0.254 e. The van der Waals surface area contributed by atoms with E-state index in [1.165, 1.54) is 18.2 Å². The van der Waals surface area contributed by atoms with E-state index in [2.05, 4.69) is 15.3 Å². The van der Waals surface area contributed by atoms with Crippen molar-refractivity contribution in [3.05, 3.63) is 47.0 Å². The SMILES string of the molecule is CN1Cc2nn(C)cc2-c2nnc(N)c(n2)N2CCOC[C@@H]2c2cc(F)ccc2C1=O. The molecule has 31 heavy (non-hydrogen) atoms. The first-order chi connectivity index (χ1) is 14.9. The number of hydrogen-bond donors (Lipinski definition) is 1. The quantitative estimate of drug-likeness (QED) is 0.572. The fourth-order valence-corrected chi connectivity index (χ4v) is 4.11. The topological polar surface area (TPSA) is 115 Å². The fourth-order valence-electron chi connectivity index (χ4n) is 4.11. The molecular formula is C20H21FN8O2. The zero-order valence-electron chi connectivity index (χ0n) is 17.1. The number of nitrogen functional groups attached to an aromatic ring is 1. The van der Waals surface area contributed by atoms with E-state index in [0.717, 1.165) is 0 Å². The molecule has 1 saturated heterocycles. The number of hydrogen-bond acceptors (Lipinski definition) is 8. The predicted octanol–water partition coefficient (Wildman–Crippen LogP) is 1.16. The van der Waals surface area contributed by atoms with E-state index >= 15 is 0 Å². The molecule has 2 bridgehead atoms. The zero-order valence-corrected chi connectivity index (χ0v) is 17.1. The van der Waals surface area contributed by atoms with Crippen molar-refractivity contribution in [3.63, 3.8) is 0 Å². The number of anilines is 2. The third kappa shape index (κ3) is 3.26. The average molecular weight is 424 g/mol. The van der Waals surface area contributed by atoms with Crippen LogP contribution in [0.4, 0.5) is 16.0 Å². The van der Waals surface area contributed by atoms with Gasteiger partial charge in [0.1, 0.15) is 5.82 Å². The molecule has 1 aromatic carbocycles. The van der Waals surface area contributed by atoms with Crippen molar-refractivity contribution in [2.75, 3.05) is 37.4 Å². The molecule has 0 aliphatic carbocycles. The van der Waals surface area contributed by atoms with Gasteiger partial charge in [-0.3, -0.25) is 9.48 Å². The van der Waals surface area contributed by atoms with E-state index in [1.807, 2.05) is 4.90 Å². The molecule has 160 valence electrons. The number of morpholine rings is 1. The van der Waals surface area contributed by atoms with Crippen LogP contribution < -0.4 is 10.6 Å². The number of fused-ring (bicyclic) bond motifs is 8. The fraction of sp³-hybridized carbons (Fsp3) is 0.350. The highest BCUT2D eigenvalue weighted by Crippen LogP contribution is 2.35. The second-order valence-electron chi connectivity index (χ2n) is 7.68. The van der Waals surface area contributed by atoms with Crippen LogP contribution in [-0.2, 0) is 18.3 Å². The van der Waals surface area contributed by atoms with E-state index in [0.29, 0.717) is 47.2 Å². The summed E-state index contributed by atoms with van der Waals surface area (Å²) >= 11 is 0. The molecule has 0 saturated carbocycles. The largest absolute Gasteiger partial charge is 0.379 e. The Kier molecular flexibility index (Phi) is 4.54. The summed E-state index contributed by atoms with van der Waals surface area (Å²) in [5.74, 6) is 0.254. The lowest BCUT2D eigenvalue weighted by Crippen LogP contribution is -2.42. The van der Waals surface area contributed by atoms with E-state index in [4.69, 9.17) is 15.5 Å². The molecule has 1 atom stereocenters. The number of nitrogens with zero attached hydrogens (tertiary/aromatic N) is 7. The number of carbonyl (C=O) groups excluding carboxylic acids is 1. The van der Waals surface area contributed by atoms with Gasteiger partial charge in [-0.05, 0) is 23.8 Å². The number of ether oxygens (including phenoxy) is 1. The van der Waals surface area contributed by atoms with Crippen LogP contribution in [-0.4, -0.2) is 62.6 Å². The first-order valence-corrected chi connectivity index (χ1v) is 9.84. The van der Waals surface area contributed by atoms with Crippen LogP contribution in [0.3, 0.4) is 0 Å². The Morgan fingerprint density at radius 1 is 1.23 bits per heavy atom. The van der Waals surface area contributed by atoms with Crippen LogP contribution in [0.15, 0.2) is 24.4 Å². The van der Waals surface area contributed by atoms with Crippen molar-refractivity contribution < 1.29 is 13.9 Å². The second-order valence-corrected chi connectivity index (χ2v) is 7.68. The molecule has 2 aliphatic heterocycles. The molecule has 1 amide bonds. The van der Waals surface area contributed by atoms with Gasteiger partial charge in [-0.25, -0.2) is 9.37 Å². The number of rotatable bonds is 0. The maximum Gasteiger partial charge on any atom is 0.254 e. The van der Waals surface area contributed by atoms with Crippen molar-refractivity contribution in [1.29, 1.82) is 0 Å². The summed E-state index contributed by atoms with van der Waals surface area (Å²) in [7, 11) is 3.47. The van der Waals surface area contributed by atoms with Gasteiger partial charge in [0, 0.05) is 32.4 Å². The molecule has 3 aromatic rings. The standard InChI is InChI=1S/C20H21FN8O2/c1-27-9-15-14(8-28(2)26-15)18-23-19(17(22)24-25-18)29-5-6-31-10-16(29)13-7-11(21)3-4-12(13)20(27)30/h3-4,7-8,16H,5-6,9-10H2,1-2H3,(H2,22,24)/t16-/m1/s1. The lowest BCUT2D eigenvalue weighted by Gasteiger charge is -2.38. The molecule has 0 unspecified atom stereocenters. The molecule has 2 aromatic heterocycles. The van der Waals surface area contributed by atoms with Crippen molar-refractivity contribution in [1.82, 2.24) is 29.9 Å². The lowest BCUT2D eigenvalue weighted by molar-refractivity contribution is 0.0771. The minimum absolute atomic E-state index is 0.152. The maximum absolute atomic E-state index is 14.3. The number of nitrogens with two attached hydrogens (primary N) is 1. The number of amides is 1. The number of carbonyl (C=O) groups is 1. The van der Waals surface area contributed by atoms with E-state index < -0.39 is 11.9 Å². The van der Waals surface area contributed by atoms with Crippen molar-refractivity contribution >= 4 is 17.5 Å². The van der Waals surface area contributed by atoms with Crippen LogP contribution in [0.1, 0.15) is 27.7 Å². The number of aromatic nitrogens is 5. The Bertz CT molecular complexity index is 1180. The van der Waals surface area contributed by atoms with Crippen molar-refractivity contribution in [3.8, 4) is 11.4 Å². The van der Waals surface area contributed by atoms with Crippen LogP contribution in [0, 0.1) is 5.82 Å². The minimum Gasteiger partial charge on any atom is -0.379 e. The van der Waals surface area contributed by atoms with Gasteiger partial charge in [0.15, 0.2) is 17.5 Å². The van der Waals surface area contributed by atoms with Gasteiger partial charge in [0.05, 0.1) is 37.1 Å². The molecule has 1 fully saturated rings. The van der Waals surface area contributed by atoms with Gasteiger partial charge in [0.2, 0.25) is 0 Å². The van der Waals surface area contributed by atoms with Gasteiger partial charge in [0.25, 0.3) is 5.91 Å². The Morgan fingerprint density at radius 3 is 2.90 bits per heavy atom. The molecular weight excluding hydrogens is 403 g/mol. The summed E-state index contributed by atoms with van der Waals surface area (Å²) in [4.78, 5) is 21.5. The Hall–Kier alpha value is -3.60. The van der Waals surface area contributed by atoms with E-state index in [-0.39, 0.29) is 24.9 Å².